The predicted molar refractivity (Wildman–Crippen MR) is 75.7 cm³/mol. The molecule has 1 unspecified atom stereocenters. The molecule has 1 heterocycles. The van der Waals surface area contributed by atoms with Crippen molar-refractivity contribution in [2.45, 2.75) is 69.6 Å². The fraction of sp³-hybridized carbons (Fsp3) is 0.875. The van der Waals surface area contributed by atoms with E-state index in [9.17, 15) is 5.26 Å². The Kier molecular flexibility index (Phi) is 5.02. The van der Waals surface area contributed by atoms with Crippen LogP contribution in [0.2, 0.25) is 0 Å². The molecule has 0 N–H and O–H groups in total. The molecule has 0 amide bonds. The molecule has 1 aliphatic carbocycles. The lowest BCUT2D eigenvalue weighted by Crippen LogP contribution is -2.35. The van der Waals surface area contributed by atoms with E-state index in [-0.39, 0.29) is 5.79 Å². The molecular weight excluding hydrogens is 252 g/mol. The second kappa shape index (κ2) is 6.57. The molecule has 1 saturated carbocycles. The smallest absolute Gasteiger partial charge is 0.315 e. The van der Waals surface area contributed by atoms with E-state index in [1.165, 1.54) is 0 Å². The van der Waals surface area contributed by atoms with Crippen LogP contribution in [-0.4, -0.2) is 24.5 Å². The summed E-state index contributed by atoms with van der Waals surface area (Å²) in [7, 11) is 0. The molecule has 110 valence electrons. The lowest BCUT2D eigenvalue weighted by atomic mass is 9.79. The summed E-state index contributed by atoms with van der Waals surface area (Å²) in [6.07, 6.45) is 7.37. The minimum atomic E-state index is -0.787. The second-order valence-corrected chi connectivity index (χ2v) is 6.09. The molecule has 0 bridgehead atoms. The summed E-state index contributed by atoms with van der Waals surface area (Å²) in [6, 6.07) is 2.25. The van der Waals surface area contributed by atoms with E-state index in [1.807, 2.05) is 6.92 Å². The lowest BCUT2D eigenvalue weighted by Gasteiger charge is -2.35. The van der Waals surface area contributed by atoms with Gasteiger partial charge in [0, 0.05) is 25.7 Å². The Morgan fingerprint density at radius 3 is 2.45 bits per heavy atom. The van der Waals surface area contributed by atoms with Crippen molar-refractivity contribution in [2.24, 2.45) is 5.92 Å². The van der Waals surface area contributed by atoms with E-state index in [4.69, 9.17) is 16.0 Å². The Hall–Kier alpha value is -1.10. The average Bonchev–Trinajstić information content (AvgIpc) is 2.94. The molecule has 20 heavy (non-hydrogen) atoms. The molecule has 0 aromatic carbocycles. The maximum atomic E-state index is 9.30. The van der Waals surface area contributed by atoms with Crippen molar-refractivity contribution in [3.05, 3.63) is 11.4 Å². The fourth-order valence-electron chi connectivity index (χ4n) is 3.42. The molecule has 1 saturated heterocycles. The van der Waals surface area contributed by atoms with E-state index in [0.717, 1.165) is 51.7 Å². The summed E-state index contributed by atoms with van der Waals surface area (Å²) in [5, 5.41) is 9.30. The quantitative estimate of drug-likeness (QED) is 0.720. The van der Waals surface area contributed by atoms with E-state index in [2.05, 4.69) is 10.9 Å². The SMILES string of the molecule is [C-]#[N+]C(C#N)(CCC)CCC1CCC2(CC1)OCCO2. The van der Waals surface area contributed by atoms with E-state index in [0.29, 0.717) is 18.8 Å². The van der Waals surface area contributed by atoms with Gasteiger partial charge in [0.15, 0.2) is 11.9 Å². The summed E-state index contributed by atoms with van der Waals surface area (Å²) >= 11 is 0. The van der Waals surface area contributed by atoms with Crippen LogP contribution in [0.3, 0.4) is 0 Å². The molecule has 0 aromatic heterocycles. The van der Waals surface area contributed by atoms with Crippen LogP contribution >= 0.6 is 0 Å². The Morgan fingerprint density at radius 1 is 1.30 bits per heavy atom. The molecule has 1 spiro atoms. The molecule has 4 nitrogen and oxygen atoms in total. The van der Waals surface area contributed by atoms with Gasteiger partial charge in [-0.2, -0.15) is 5.26 Å². The van der Waals surface area contributed by atoms with Gasteiger partial charge in [-0.05, 0) is 31.6 Å². The number of nitriles is 1. The highest BCUT2D eigenvalue weighted by atomic mass is 16.7. The highest BCUT2D eigenvalue weighted by molar-refractivity contribution is 5.15. The van der Waals surface area contributed by atoms with Gasteiger partial charge in [-0.15, -0.1) is 0 Å². The van der Waals surface area contributed by atoms with Gasteiger partial charge in [-0.3, -0.25) is 4.85 Å². The van der Waals surface area contributed by atoms with Gasteiger partial charge in [-0.25, -0.2) is 6.57 Å². The van der Waals surface area contributed by atoms with Gasteiger partial charge < -0.3 is 9.47 Å². The van der Waals surface area contributed by atoms with Crippen LogP contribution in [0.15, 0.2) is 0 Å². The van der Waals surface area contributed by atoms with Gasteiger partial charge in [0.25, 0.3) is 0 Å². The Bertz CT molecular complexity index is 378. The second-order valence-electron chi connectivity index (χ2n) is 6.09. The maximum absolute atomic E-state index is 9.30. The Morgan fingerprint density at radius 2 is 1.95 bits per heavy atom. The van der Waals surface area contributed by atoms with E-state index < -0.39 is 5.54 Å². The zero-order valence-electron chi connectivity index (χ0n) is 12.4. The van der Waals surface area contributed by atoms with Crippen molar-refractivity contribution in [1.82, 2.24) is 0 Å². The number of hydrogen-bond acceptors (Lipinski definition) is 3. The predicted octanol–water partition coefficient (Wildman–Crippen LogP) is 3.68. The summed E-state index contributed by atoms with van der Waals surface area (Å²) in [4.78, 5) is 3.62. The first-order valence-electron chi connectivity index (χ1n) is 7.75. The molecular formula is C16H24N2O2. The normalized spacial score (nSPS) is 24.9. The Labute approximate surface area is 121 Å². The number of ether oxygens (including phenoxy) is 2. The average molecular weight is 276 g/mol. The first kappa shape index (κ1) is 15.3. The fourth-order valence-corrected chi connectivity index (χ4v) is 3.42. The first-order chi connectivity index (χ1) is 9.67. The molecule has 1 aliphatic heterocycles. The maximum Gasteiger partial charge on any atom is 0.315 e. The van der Waals surface area contributed by atoms with Crippen molar-refractivity contribution in [3.63, 3.8) is 0 Å². The van der Waals surface area contributed by atoms with Crippen LogP contribution in [0.5, 0.6) is 0 Å². The van der Waals surface area contributed by atoms with Crippen LogP contribution in [0.4, 0.5) is 0 Å². The Balaban J connectivity index is 1.81. The number of hydrogen-bond donors (Lipinski definition) is 0. The summed E-state index contributed by atoms with van der Waals surface area (Å²) in [5.41, 5.74) is -0.787. The van der Waals surface area contributed by atoms with Gasteiger partial charge in [0.2, 0.25) is 0 Å². The van der Waals surface area contributed by atoms with Crippen molar-refractivity contribution in [1.29, 1.82) is 5.26 Å². The van der Waals surface area contributed by atoms with Crippen molar-refractivity contribution < 1.29 is 9.47 Å². The minimum Gasteiger partial charge on any atom is -0.348 e. The van der Waals surface area contributed by atoms with Gasteiger partial charge in [0.05, 0.1) is 13.2 Å². The number of nitrogens with zero attached hydrogens (tertiary/aromatic N) is 2. The molecule has 0 radical (unpaired) electrons. The third kappa shape index (κ3) is 3.32. The number of rotatable bonds is 5. The summed E-state index contributed by atoms with van der Waals surface area (Å²) < 4.78 is 11.5. The highest BCUT2D eigenvalue weighted by Crippen LogP contribution is 2.40. The zero-order valence-corrected chi connectivity index (χ0v) is 12.4. The third-order valence-corrected chi connectivity index (χ3v) is 4.73. The van der Waals surface area contributed by atoms with Crippen LogP contribution in [0.25, 0.3) is 4.85 Å². The molecule has 2 fully saturated rings. The van der Waals surface area contributed by atoms with Crippen LogP contribution in [0, 0.1) is 23.8 Å². The molecule has 2 aliphatic rings. The van der Waals surface area contributed by atoms with Crippen LogP contribution in [0.1, 0.15) is 58.3 Å². The minimum absolute atomic E-state index is 0.300. The highest BCUT2D eigenvalue weighted by Gasteiger charge is 2.42. The summed E-state index contributed by atoms with van der Waals surface area (Å²) in [6.45, 7) is 10.8. The van der Waals surface area contributed by atoms with E-state index in [1.54, 1.807) is 0 Å². The van der Waals surface area contributed by atoms with Gasteiger partial charge in [0.1, 0.15) is 0 Å². The van der Waals surface area contributed by atoms with Crippen molar-refractivity contribution >= 4 is 0 Å². The van der Waals surface area contributed by atoms with Crippen LogP contribution in [-0.2, 0) is 9.47 Å². The van der Waals surface area contributed by atoms with E-state index >= 15 is 0 Å². The first-order valence-corrected chi connectivity index (χ1v) is 7.75. The van der Waals surface area contributed by atoms with Gasteiger partial charge >= 0.3 is 5.54 Å². The topological polar surface area (TPSA) is 46.6 Å². The zero-order chi connectivity index (χ0) is 14.5. The van der Waals surface area contributed by atoms with Crippen molar-refractivity contribution in [3.8, 4) is 6.07 Å². The van der Waals surface area contributed by atoms with Crippen LogP contribution < -0.4 is 0 Å². The molecule has 2 rings (SSSR count). The standard InChI is InChI=1S/C16H24N2O2/c1-3-7-15(13-17,18-2)8-4-14-5-9-16(10-6-14)19-11-12-20-16/h14H,3-12H2,1H3. The third-order valence-electron chi connectivity index (χ3n) is 4.73. The van der Waals surface area contributed by atoms with Crippen molar-refractivity contribution in [2.75, 3.05) is 13.2 Å². The largest absolute Gasteiger partial charge is 0.348 e. The lowest BCUT2D eigenvalue weighted by molar-refractivity contribution is -0.182. The molecule has 1 atom stereocenters. The molecule has 0 aromatic rings. The summed E-state index contributed by atoms with van der Waals surface area (Å²) in [5.74, 6) is 0.311. The van der Waals surface area contributed by atoms with Gasteiger partial charge in [-0.1, -0.05) is 6.92 Å². The monoisotopic (exact) mass is 276 g/mol. The molecule has 4 heteroatoms.